The van der Waals surface area contributed by atoms with Gasteiger partial charge in [0.05, 0.1) is 0 Å². The minimum Gasteiger partial charge on any atom is -0.454 e. The minimum absolute atomic E-state index is 0.0778. The van der Waals surface area contributed by atoms with Crippen LogP contribution in [0.5, 0.6) is 11.5 Å². The van der Waals surface area contributed by atoms with E-state index in [1.165, 1.54) is 0 Å². The van der Waals surface area contributed by atoms with Crippen LogP contribution in [0.1, 0.15) is 16.8 Å². The van der Waals surface area contributed by atoms with E-state index in [4.69, 9.17) is 9.47 Å². The van der Waals surface area contributed by atoms with E-state index in [2.05, 4.69) is 20.8 Å². The summed E-state index contributed by atoms with van der Waals surface area (Å²) in [5, 5.41) is 0.975. The fourth-order valence-corrected chi connectivity index (χ4v) is 3.23. The molecule has 2 heterocycles. The highest BCUT2D eigenvalue weighted by atomic mass is 79.9. The molecule has 0 aliphatic carbocycles. The lowest BCUT2D eigenvalue weighted by atomic mass is 10.1. The van der Waals surface area contributed by atoms with Gasteiger partial charge in [0, 0.05) is 37.1 Å². The highest BCUT2D eigenvalue weighted by molar-refractivity contribution is 9.09. The highest BCUT2D eigenvalue weighted by Gasteiger charge is 2.22. The van der Waals surface area contributed by atoms with Gasteiger partial charge in [-0.05, 0) is 31.2 Å². The molecule has 3 rings (SSSR count). The maximum Gasteiger partial charge on any atom is 0.254 e. The zero-order valence-corrected chi connectivity index (χ0v) is 13.5. The van der Waals surface area contributed by atoms with Gasteiger partial charge in [-0.1, -0.05) is 15.9 Å². The maximum atomic E-state index is 12.6. The summed E-state index contributed by atoms with van der Waals surface area (Å²) in [6, 6.07) is 5.41. The molecule has 2 aliphatic heterocycles. The average molecular weight is 355 g/mol. The van der Waals surface area contributed by atoms with Crippen LogP contribution >= 0.6 is 15.9 Å². The molecule has 0 bridgehead atoms. The fraction of sp³-hybridized carbons (Fsp3) is 0.533. The van der Waals surface area contributed by atoms with Crippen molar-refractivity contribution in [2.24, 2.45) is 0 Å². The molecule has 114 valence electrons. The largest absolute Gasteiger partial charge is 0.454 e. The molecule has 1 saturated heterocycles. The number of nitrogens with zero attached hydrogens (tertiary/aromatic N) is 2. The second-order valence-electron chi connectivity index (χ2n) is 5.24. The van der Waals surface area contributed by atoms with E-state index in [-0.39, 0.29) is 12.7 Å². The molecule has 1 aromatic carbocycles. The Hall–Kier alpha value is -1.27. The second kappa shape index (κ2) is 6.66. The van der Waals surface area contributed by atoms with Gasteiger partial charge in [0.2, 0.25) is 6.79 Å². The molecule has 6 heteroatoms. The Balaban J connectivity index is 1.67. The van der Waals surface area contributed by atoms with Gasteiger partial charge in [-0.15, -0.1) is 0 Å². The van der Waals surface area contributed by atoms with E-state index in [1.54, 1.807) is 6.07 Å². The van der Waals surface area contributed by atoms with Crippen LogP contribution in [0, 0.1) is 0 Å². The van der Waals surface area contributed by atoms with Gasteiger partial charge in [0.1, 0.15) is 0 Å². The molecule has 0 atom stereocenters. The Bertz CT molecular complexity index is 524. The number of carbonyl (C=O) groups excluding carboxylic acids is 1. The Morgan fingerprint density at radius 2 is 2.00 bits per heavy atom. The van der Waals surface area contributed by atoms with E-state index in [0.717, 1.165) is 44.5 Å². The second-order valence-corrected chi connectivity index (χ2v) is 6.04. The standard InChI is InChI=1S/C15H19BrN2O3/c16-4-7-17-5-1-6-18(9-8-17)15(19)12-2-3-13-14(10-12)21-11-20-13/h2-3,10H,1,4-9,11H2. The van der Waals surface area contributed by atoms with E-state index >= 15 is 0 Å². The van der Waals surface area contributed by atoms with Crippen LogP contribution < -0.4 is 9.47 Å². The van der Waals surface area contributed by atoms with Gasteiger partial charge >= 0.3 is 0 Å². The normalized spacial score (nSPS) is 18.6. The van der Waals surface area contributed by atoms with Crippen molar-refractivity contribution in [3.63, 3.8) is 0 Å². The molecule has 0 N–H and O–H groups in total. The molecule has 21 heavy (non-hydrogen) atoms. The summed E-state index contributed by atoms with van der Waals surface area (Å²) in [5.41, 5.74) is 0.674. The quantitative estimate of drug-likeness (QED) is 0.778. The van der Waals surface area contributed by atoms with Gasteiger partial charge in [-0.25, -0.2) is 0 Å². The van der Waals surface area contributed by atoms with Crippen molar-refractivity contribution in [2.45, 2.75) is 6.42 Å². The smallest absolute Gasteiger partial charge is 0.254 e. The van der Waals surface area contributed by atoms with Crippen molar-refractivity contribution in [3.8, 4) is 11.5 Å². The highest BCUT2D eigenvalue weighted by Crippen LogP contribution is 2.32. The Morgan fingerprint density at radius 3 is 2.86 bits per heavy atom. The van der Waals surface area contributed by atoms with Crippen LogP contribution in [0.25, 0.3) is 0 Å². The van der Waals surface area contributed by atoms with Gasteiger partial charge in [-0.3, -0.25) is 4.79 Å². The summed E-state index contributed by atoms with van der Waals surface area (Å²) in [4.78, 5) is 16.9. The van der Waals surface area contributed by atoms with E-state index in [0.29, 0.717) is 17.1 Å². The monoisotopic (exact) mass is 354 g/mol. The zero-order chi connectivity index (χ0) is 14.7. The van der Waals surface area contributed by atoms with Crippen LogP contribution in [0.2, 0.25) is 0 Å². The van der Waals surface area contributed by atoms with Gasteiger partial charge in [0.15, 0.2) is 11.5 Å². The number of carbonyl (C=O) groups is 1. The number of benzene rings is 1. The first-order valence-corrected chi connectivity index (χ1v) is 8.37. The van der Waals surface area contributed by atoms with E-state index in [1.807, 2.05) is 17.0 Å². The predicted molar refractivity (Wildman–Crippen MR) is 83.3 cm³/mol. The number of halogens is 1. The molecule has 1 amide bonds. The molecule has 0 radical (unpaired) electrons. The first kappa shape index (κ1) is 14.7. The molecule has 0 saturated carbocycles. The molecule has 0 aromatic heterocycles. The molecule has 0 unspecified atom stereocenters. The molecule has 1 fully saturated rings. The molecule has 5 nitrogen and oxygen atoms in total. The van der Waals surface area contributed by atoms with Crippen molar-refractivity contribution in [1.82, 2.24) is 9.80 Å². The Labute approximate surface area is 132 Å². The summed E-state index contributed by atoms with van der Waals surface area (Å²) >= 11 is 3.47. The summed E-state index contributed by atoms with van der Waals surface area (Å²) < 4.78 is 10.6. The minimum atomic E-state index is 0.0778. The topological polar surface area (TPSA) is 42.0 Å². The lowest BCUT2D eigenvalue weighted by Crippen LogP contribution is -2.35. The third-order valence-electron chi connectivity index (χ3n) is 3.90. The molecule has 2 aliphatic rings. The SMILES string of the molecule is O=C(c1ccc2c(c1)OCO2)N1CCCN(CCBr)CC1. The van der Waals surface area contributed by atoms with Crippen molar-refractivity contribution >= 4 is 21.8 Å². The number of hydrogen-bond acceptors (Lipinski definition) is 4. The average Bonchev–Trinajstić information content (AvgIpc) is 2.85. The number of amides is 1. The summed E-state index contributed by atoms with van der Waals surface area (Å²) in [6.45, 7) is 4.84. The summed E-state index contributed by atoms with van der Waals surface area (Å²) in [5.74, 6) is 1.46. The van der Waals surface area contributed by atoms with Crippen molar-refractivity contribution < 1.29 is 14.3 Å². The maximum absolute atomic E-state index is 12.6. The summed E-state index contributed by atoms with van der Waals surface area (Å²) in [6.07, 6.45) is 1.02. The van der Waals surface area contributed by atoms with Crippen LogP contribution in [-0.2, 0) is 0 Å². The molecule has 1 aromatic rings. The zero-order valence-electron chi connectivity index (χ0n) is 11.9. The van der Waals surface area contributed by atoms with Crippen LogP contribution in [0.15, 0.2) is 18.2 Å². The first-order valence-electron chi connectivity index (χ1n) is 7.25. The number of ether oxygens (including phenoxy) is 2. The molecular formula is C15H19BrN2O3. The van der Waals surface area contributed by atoms with Crippen molar-refractivity contribution in [1.29, 1.82) is 0 Å². The van der Waals surface area contributed by atoms with E-state index < -0.39 is 0 Å². The number of alkyl halides is 1. The Kier molecular flexibility index (Phi) is 4.65. The molecular weight excluding hydrogens is 336 g/mol. The van der Waals surface area contributed by atoms with Crippen molar-refractivity contribution in [3.05, 3.63) is 23.8 Å². The van der Waals surface area contributed by atoms with Crippen LogP contribution in [0.3, 0.4) is 0 Å². The molecule has 0 spiro atoms. The fourth-order valence-electron chi connectivity index (χ4n) is 2.73. The Morgan fingerprint density at radius 1 is 1.14 bits per heavy atom. The van der Waals surface area contributed by atoms with E-state index in [9.17, 15) is 4.79 Å². The predicted octanol–water partition coefficient (Wildman–Crippen LogP) is 1.96. The summed E-state index contributed by atoms with van der Waals surface area (Å²) in [7, 11) is 0. The number of hydrogen-bond donors (Lipinski definition) is 0. The van der Waals surface area contributed by atoms with Crippen LogP contribution in [0.4, 0.5) is 0 Å². The van der Waals surface area contributed by atoms with Crippen LogP contribution in [-0.4, -0.2) is 60.6 Å². The number of rotatable bonds is 3. The number of fused-ring (bicyclic) bond motifs is 1. The third-order valence-corrected chi connectivity index (χ3v) is 4.25. The van der Waals surface area contributed by atoms with Gasteiger partial charge in [-0.2, -0.15) is 0 Å². The third kappa shape index (κ3) is 3.32. The lowest BCUT2D eigenvalue weighted by Gasteiger charge is -2.21. The van der Waals surface area contributed by atoms with Gasteiger partial charge in [0.25, 0.3) is 5.91 Å². The van der Waals surface area contributed by atoms with Gasteiger partial charge < -0.3 is 19.3 Å². The van der Waals surface area contributed by atoms with Crippen molar-refractivity contribution in [2.75, 3.05) is 44.8 Å². The first-order chi connectivity index (χ1) is 10.3. The lowest BCUT2D eigenvalue weighted by molar-refractivity contribution is 0.0761.